The van der Waals surface area contributed by atoms with Gasteiger partial charge in [-0.3, -0.25) is 4.79 Å². The van der Waals surface area contributed by atoms with Gasteiger partial charge in [0.25, 0.3) is 5.91 Å². The molecule has 0 atom stereocenters. The number of rotatable bonds is 4. The molecule has 0 aliphatic carbocycles. The van der Waals surface area contributed by atoms with Crippen LogP contribution in [0.3, 0.4) is 0 Å². The number of aryl methyl sites for hydroxylation is 1. The zero-order chi connectivity index (χ0) is 16.2. The second-order valence-corrected chi connectivity index (χ2v) is 7.03. The lowest BCUT2D eigenvalue weighted by Crippen LogP contribution is -2.29. The molecule has 1 heterocycles. The standard InChI is InChI=1S/C19H16ClNOS/c1-14-7-9-16(10-8-14)21(13-15-5-3-2-4-6-15)19(22)17-11-12-18(20)23-17/h2-12H,13H2,1H3. The van der Waals surface area contributed by atoms with Crippen molar-refractivity contribution in [3.8, 4) is 0 Å². The normalized spacial score (nSPS) is 10.5. The Labute approximate surface area is 145 Å². The Hall–Kier alpha value is -2.10. The van der Waals surface area contributed by atoms with Crippen molar-refractivity contribution in [2.75, 3.05) is 4.90 Å². The molecule has 3 rings (SSSR count). The number of amides is 1. The number of anilines is 1. The lowest BCUT2D eigenvalue weighted by molar-refractivity contribution is 0.0989. The van der Waals surface area contributed by atoms with Crippen LogP contribution in [0.5, 0.6) is 0 Å². The van der Waals surface area contributed by atoms with Gasteiger partial charge in [0.15, 0.2) is 0 Å². The maximum Gasteiger partial charge on any atom is 0.268 e. The van der Waals surface area contributed by atoms with Gasteiger partial charge in [-0.2, -0.15) is 0 Å². The molecule has 0 saturated carbocycles. The molecule has 0 bridgehead atoms. The lowest BCUT2D eigenvalue weighted by Gasteiger charge is -2.22. The highest BCUT2D eigenvalue weighted by atomic mass is 35.5. The first-order valence-corrected chi connectivity index (χ1v) is 8.51. The van der Waals surface area contributed by atoms with E-state index >= 15 is 0 Å². The van der Waals surface area contributed by atoms with Crippen molar-refractivity contribution in [2.24, 2.45) is 0 Å². The van der Waals surface area contributed by atoms with Crippen LogP contribution in [-0.2, 0) is 6.54 Å². The Kier molecular flexibility index (Phi) is 4.79. The first kappa shape index (κ1) is 15.8. The summed E-state index contributed by atoms with van der Waals surface area (Å²) in [6.07, 6.45) is 0. The third-order valence-electron chi connectivity index (χ3n) is 3.56. The minimum absolute atomic E-state index is 0.0328. The van der Waals surface area contributed by atoms with Crippen LogP contribution in [0.15, 0.2) is 66.7 Å². The van der Waals surface area contributed by atoms with E-state index in [0.29, 0.717) is 15.8 Å². The summed E-state index contributed by atoms with van der Waals surface area (Å²) in [5.41, 5.74) is 3.14. The second-order valence-electron chi connectivity index (χ2n) is 5.32. The van der Waals surface area contributed by atoms with Gasteiger partial charge in [-0.25, -0.2) is 0 Å². The van der Waals surface area contributed by atoms with E-state index < -0.39 is 0 Å². The Morgan fingerprint density at radius 1 is 1.00 bits per heavy atom. The van der Waals surface area contributed by atoms with E-state index in [0.717, 1.165) is 11.3 Å². The Bertz CT molecular complexity index is 796. The van der Waals surface area contributed by atoms with Gasteiger partial charge in [0.2, 0.25) is 0 Å². The van der Waals surface area contributed by atoms with Crippen LogP contribution >= 0.6 is 22.9 Å². The van der Waals surface area contributed by atoms with Crippen molar-refractivity contribution < 1.29 is 4.79 Å². The minimum Gasteiger partial charge on any atom is -0.303 e. The van der Waals surface area contributed by atoms with Crippen LogP contribution in [0.1, 0.15) is 20.8 Å². The van der Waals surface area contributed by atoms with Crippen molar-refractivity contribution >= 4 is 34.5 Å². The summed E-state index contributed by atoms with van der Waals surface area (Å²) in [5.74, 6) is -0.0328. The summed E-state index contributed by atoms with van der Waals surface area (Å²) < 4.78 is 0.622. The number of thiophene rings is 1. The molecular formula is C19H16ClNOS. The predicted octanol–water partition coefficient (Wildman–Crippen LogP) is 5.56. The molecule has 4 heteroatoms. The molecule has 1 amide bonds. The van der Waals surface area contributed by atoms with Crippen molar-refractivity contribution in [3.63, 3.8) is 0 Å². The summed E-state index contributed by atoms with van der Waals surface area (Å²) in [5, 5.41) is 0. The van der Waals surface area contributed by atoms with Crippen LogP contribution in [0.4, 0.5) is 5.69 Å². The molecule has 0 radical (unpaired) electrons. The molecule has 0 unspecified atom stereocenters. The van der Waals surface area contributed by atoms with Crippen LogP contribution in [0.2, 0.25) is 4.34 Å². The number of hydrogen-bond donors (Lipinski definition) is 0. The summed E-state index contributed by atoms with van der Waals surface area (Å²) in [7, 11) is 0. The molecule has 2 aromatic carbocycles. The average molecular weight is 342 g/mol. The molecule has 2 nitrogen and oxygen atoms in total. The highest BCUT2D eigenvalue weighted by Gasteiger charge is 2.19. The fourth-order valence-corrected chi connectivity index (χ4v) is 3.33. The SMILES string of the molecule is Cc1ccc(N(Cc2ccccc2)C(=O)c2ccc(Cl)s2)cc1. The number of nitrogens with zero attached hydrogens (tertiary/aromatic N) is 1. The van der Waals surface area contributed by atoms with Crippen LogP contribution in [-0.4, -0.2) is 5.91 Å². The van der Waals surface area contributed by atoms with E-state index in [1.165, 1.54) is 16.9 Å². The maximum atomic E-state index is 12.9. The zero-order valence-electron chi connectivity index (χ0n) is 12.7. The van der Waals surface area contributed by atoms with Gasteiger partial charge >= 0.3 is 0 Å². The lowest BCUT2D eigenvalue weighted by atomic mass is 10.1. The van der Waals surface area contributed by atoms with Gasteiger partial charge in [-0.15, -0.1) is 11.3 Å². The maximum absolute atomic E-state index is 12.9. The van der Waals surface area contributed by atoms with Gasteiger partial charge in [-0.1, -0.05) is 59.6 Å². The topological polar surface area (TPSA) is 20.3 Å². The summed E-state index contributed by atoms with van der Waals surface area (Å²) in [6.45, 7) is 2.56. The van der Waals surface area contributed by atoms with Gasteiger partial charge in [0.05, 0.1) is 15.8 Å². The minimum atomic E-state index is -0.0328. The largest absolute Gasteiger partial charge is 0.303 e. The highest BCUT2D eigenvalue weighted by Crippen LogP contribution is 2.26. The fraction of sp³-hybridized carbons (Fsp3) is 0.105. The number of hydrogen-bond acceptors (Lipinski definition) is 2. The number of benzene rings is 2. The fourth-order valence-electron chi connectivity index (χ4n) is 2.33. The first-order chi connectivity index (χ1) is 11.1. The van der Waals surface area contributed by atoms with Crippen molar-refractivity contribution in [1.29, 1.82) is 0 Å². The molecule has 1 aromatic heterocycles. The van der Waals surface area contributed by atoms with Gasteiger partial charge in [-0.05, 0) is 36.8 Å². The molecule has 0 fully saturated rings. The van der Waals surface area contributed by atoms with Crippen LogP contribution < -0.4 is 4.90 Å². The molecule has 0 N–H and O–H groups in total. The number of carbonyl (C=O) groups is 1. The van der Waals surface area contributed by atoms with E-state index in [2.05, 4.69) is 0 Å². The van der Waals surface area contributed by atoms with E-state index in [1.807, 2.05) is 61.5 Å². The highest BCUT2D eigenvalue weighted by molar-refractivity contribution is 7.18. The van der Waals surface area contributed by atoms with E-state index in [4.69, 9.17) is 11.6 Å². The van der Waals surface area contributed by atoms with Gasteiger partial charge < -0.3 is 4.90 Å². The van der Waals surface area contributed by atoms with E-state index in [1.54, 1.807) is 17.0 Å². The average Bonchev–Trinajstić information content (AvgIpc) is 3.00. The first-order valence-electron chi connectivity index (χ1n) is 7.31. The van der Waals surface area contributed by atoms with E-state index in [9.17, 15) is 4.79 Å². The molecule has 0 aliphatic rings. The monoisotopic (exact) mass is 341 g/mol. The number of halogens is 1. The van der Waals surface area contributed by atoms with Crippen molar-refractivity contribution in [3.05, 3.63) is 87.1 Å². The quantitative estimate of drug-likeness (QED) is 0.608. The molecule has 0 aliphatic heterocycles. The Morgan fingerprint density at radius 2 is 1.70 bits per heavy atom. The second kappa shape index (κ2) is 6.99. The van der Waals surface area contributed by atoms with Crippen molar-refractivity contribution in [1.82, 2.24) is 0 Å². The molecule has 116 valence electrons. The predicted molar refractivity (Wildman–Crippen MR) is 97.5 cm³/mol. The smallest absolute Gasteiger partial charge is 0.268 e. The molecular weight excluding hydrogens is 326 g/mol. The van der Waals surface area contributed by atoms with E-state index in [-0.39, 0.29) is 5.91 Å². The van der Waals surface area contributed by atoms with Crippen LogP contribution in [0, 0.1) is 6.92 Å². The molecule has 0 saturated heterocycles. The zero-order valence-corrected chi connectivity index (χ0v) is 14.3. The summed E-state index contributed by atoms with van der Waals surface area (Å²) >= 11 is 7.29. The molecule has 3 aromatic rings. The van der Waals surface area contributed by atoms with Gasteiger partial charge in [0.1, 0.15) is 0 Å². The third-order valence-corrected chi connectivity index (χ3v) is 4.78. The van der Waals surface area contributed by atoms with Crippen LogP contribution in [0.25, 0.3) is 0 Å². The summed E-state index contributed by atoms with van der Waals surface area (Å²) in [6, 6.07) is 21.5. The number of carbonyl (C=O) groups excluding carboxylic acids is 1. The third kappa shape index (κ3) is 3.81. The molecule has 0 spiro atoms. The van der Waals surface area contributed by atoms with Crippen molar-refractivity contribution in [2.45, 2.75) is 13.5 Å². The Morgan fingerprint density at radius 3 is 2.30 bits per heavy atom. The van der Waals surface area contributed by atoms with Gasteiger partial charge in [0, 0.05) is 5.69 Å². The Balaban J connectivity index is 1.95. The summed E-state index contributed by atoms with van der Waals surface area (Å²) in [4.78, 5) is 15.4. The molecule has 23 heavy (non-hydrogen) atoms.